The van der Waals surface area contributed by atoms with E-state index in [4.69, 9.17) is 9.84 Å². The van der Waals surface area contributed by atoms with Gasteiger partial charge in [0.15, 0.2) is 0 Å². The van der Waals surface area contributed by atoms with Crippen LogP contribution >= 0.6 is 0 Å². The Morgan fingerprint density at radius 1 is 1.35 bits per heavy atom. The fourth-order valence-corrected chi connectivity index (χ4v) is 1.70. The number of carboxylic acids is 1. The molecule has 86 valence electrons. The highest BCUT2D eigenvalue weighted by molar-refractivity contribution is 6.04. The van der Waals surface area contributed by atoms with E-state index in [0.29, 0.717) is 17.7 Å². The maximum atomic E-state index is 11.2. The molecule has 0 bridgehead atoms. The van der Waals surface area contributed by atoms with Crippen LogP contribution in [0.4, 0.5) is 0 Å². The summed E-state index contributed by atoms with van der Waals surface area (Å²) in [4.78, 5) is 11.2. The van der Waals surface area contributed by atoms with Gasteiger partial charge in [-0.1, -0.05) is 36.9 Å². The third-order valence-electron chi connectivity index (χ3n) is 2.43. The molecule has 0 aromatic heterocycles. The molecule has 0 amide bonds. The molecule has 0 aliphatic rings. The number of fused-ring (bicyclic) bond motifs is 1. The lowest BCUT2D eigenvalue weighted by molar-refractivity contribution is 0.0698. The van der Waals surface area contributed by atoms with Crippen LogP contribution in [0.2, 0.25) is 0 Å². The Morgan fingerprint density at radius 3 is 2.82 bits per heavy atom. The van der Waals surface area contributed by atoms with Gasteiger partial charge in [0.05, 0.1) is 5.56 Å². The fourth-order valence-electron chi connectivity index (χ4n) is 1.70. The van der Waals surface area contributed by atoms with Crippen molar-refractivity contribution < 1.29 is 14.6 Å². The number of carbonyl (C=O) groups is 1. The van der Waals surface area contributed by atoms with Gasteiger partial charge in [0.2, 0.25) is 0 Å². The lowest BCUT2D eigenvalue weighted by atomic mass is 10.0. The zero-order chi connectivity index (χ0) is 12.3. The lowest BCUT2D eigenvalue weighted by Crippen LogP contribution is -2.00. The number of ether oxygens (including phenoxy) is 1. The zero-order valence-corrected chi connectivity index (χ0v) is 9.22. The number of carboxylic acid groups (broad SMARTS) is 1. The van der Waals surface area contributed by atoms with Crippen molar-refractivity contribution in [3.63, 3.8) is 0 Å². The van der Waals surface area contributed by atoms with Crippen LogP contribution in [0.15, 0.2) is 49.1 Å². The first-order valence-corrected chi connectivity index (χ1v) is 5.22. The fraction of sp³-hybridized carbons (Fsp3) is 0.0714. The van der Waals surface area contributed by atoms with E-state index in [2.05, 4.69) is 6.58 Å². The van der Waals surface area contributed by atoms with Crippen molar-refractivity contribution in [2.45, 2.75) is 0 Å². The van der Waals surface area contributed by atoms with Crippen molar-refractivity contribution in [3.05, 3.63) is 54.6 Å². The minimum atomic E-state index is -0.953. The Bertz CT molecular complexity index is 573. The van der Waals surface area contributed by atoms with Crippen LogP contribution in [0.3, 0.4) is 0 Å². The van der Waals surface area contributed by atoms with Gasteiger partial charge in [-0.25, -0.2) is 4.79 Å². The molecule has 0 radical (unpaired) electrons. The van der Waals surface area contributed by atoms with Gasteiger partial charge in [0.25, 0.3) is 0 Å². The van der Waals surface area contributed by atoms with Crippen LogP contribution in [0.25, 0.3) is 10.8 Å². The van der Waals surface area contributed by atoms with Crippen LogP contribution in [-0.2, 0) is 0 Å². The Hall–Kier alpha value is -2.29. The van der Waals surface area contributed by atoms with Gasteiger partial charge >= 0.3 is 5.97 Å². The number of aromatic carboxylic acids is 1. The Kier molecular flexibility index (Phi) is 3.10. The molecule has 2 aromatic carbocycles. The third kappa shape index (κ3) is 2.28. The molecule has 17 heavy (non-hydrogen) atoms. The maximum absolute atomic E-state index is 11.2. The first-order valence-electron chi connectivity index (χ1n) is 5.22. The molecule has 0 aliphatic carbocycles. The van der Waals surface area contributed by atoms with Crippen LogP contribution in [0.1, 0.15) is 10.4 Å². The molecule has 0 saturated heterocycles. The first kappa shape index (κ1) is 11.2. The molecule has 0 fully saturated rings. The van der Waals surface area contributed by atoms with Gasteiger partial charge < -0.3 is 9.84 Å². The minimum Gasteiger partial charge on any atom is -0.490 e. The summed E-state index contributed by atoms with van der Waals surface area (Å²) in [6, 6.07) is 10.7. The predicted molar refractivity (Wildman–Crippen MR) is 66.6 cm³/mol. The first-order chi connectivity index (χ1) is 8.22. The molecule has 3 heteroatoms. The zero-order valence-electron chi connectivity index (χ0n) is 9.22. The average molecular weight is 228 g/mol. The van der Waals surface area contributed by atoms with E-state index in [1.165, 1.54) is 6.07 Å². The summed E-state index contributed by atoms with van der Waals surface area (Å²) in [5, 5.41) is 10.7. The molecule has 2 aromatic rings. The predicted octanol–water partition coefficient (Wildman–Crippen LogP) is 3.10. The van der Waals surface area contributed by atoms with Gasteiger partial charge in [0, 0.05) is 0 Å². The van der Waals surface area contributed by atoms with Crippen LogP contribution in [-0.4, -0.2) is 17.7 Å². The molecule has 0 saturated carbocycles. The molecular weight excluding hydrogens is 216 g/mol. The molecule has 0 heterocycles. The van der Waals surface area contributed by atoms with Gasteiger partial charge in [0.1, 0.15) is 12.4 Å². The average Bonchev–Trinajstić information content (AvgIpc) is 2.35. The van der Waals surface area contributed by atoms with Gasteiger partial charge in [-0.3, -0.25) is 0 Å². The second-order valence-electron chi connectivity index (χ2n) is 3.60. The van der Waals surface area contributed by atoms with Crippen LogP contribution < -0.4 is 4.74 Å². The van der Waals surface area contributed by atoms with Crippen molar-refractivity contribution in [1.29, 1.82) is 0 Å². The second kappa shape index (κ2) is 4.70. The molecular formula is C14H12O3. The monoisotopic (exact) mass is 228 g/mol. The third-order valence-corrected chi connectivity index (χ3v) is 2.43. The molecule has 0 unspecified atom stereocenters. The standard InChI is InChI=1S/C14H12O3/c1-2-7-17-11-8-10-5-3-4-6-12(10)13(9-11)14(15)16/h2-6,8-9H,1,7H2,(H,15,16). The number of hydrogen-bond acceptors (Lipinski definition) is 2. The normalized spacial score (nSPS) is 10.1. The molecule has 3 nitrogen and oxygen atoms in total. The summed E-state index contributed by atoms with van der Waals surface area (Å²) in [6.07, 6.45) is 1.62. The van der Waals surface area contributed by atoms with Crippen molar-refractivity contribution >= 4 is 16.7 Å². The Balaban J connectivity index is 2.58. The lowest BCUT2D eigenvalue weighted by Gasteiger charge is -2.08. The maximum Gasteiger partial charge on any atom is 0.336 e. The summed E-state index contributed by atoms with van der Waals surface area (Å²) < 4.78 is 5.37. The largest absolute Gasteiger partial charge is 0.490 e. The molecule has 2 rings (SSSR count). The summed E-state index contributed by atoms with van der Waals surface area (Å²) in [5.41, 5.74) is 0.252. The summed E-state index contributed by atoms with van der Waals surface area (Å²) in [6.45, 7) is 3.91. The van der Waals surface area contributed by atoms with E-state index in [9.17, 15) is 4.79 Å². The number of benzene rings is 2. The topological polar surface area (TPSA) is 46.5 Å². The van der Waals surface area contributed by atoms with Gasteiger partial charge in [-0.05, 0) is 22.9 Å². The quantitative estimate of drug-likeness (QED) is 0.818. The van der Waals surface area contributed by atoms with E-state index in [0.717, 1.165) is 5.39 Å². The smallest absolute Gasteiger partial charge is 0.336 e. The minimum absolute atomic E-state index is 0.252. The van der Waals surface area contributed by atoms with Gasteiger partial charge in [-0.15, -0.1) is 0 Å². The van der Waals surface area contributed by atoms with Gasteiger partial charge in [-0.2, -0.15) is 0 Å². The van der Waals surface area contributed by atoms with E-state index < -0.39 is 5.97 Å². The molecule has 0 aliphatic heterocycles. The van der Waals surface area contributed by atoms with Crippen molar-refractivity contribution in [3.8, 4) is 5.75 Å². The van der Waals surface area contributed by atoms with Crippen molar-refractivity contribution in [2.24, 2.45) is 0 Å². The van der Waals surface area contributed by atoms with E-state index in [-0.39, 0.29) is 5.56 Å². The van der Waals surface area contributed by atoms with E-state index >= 15 is 0 Å². The van der Waals surface area contributed by atoms with E-state index in [1.807, 2.05) is 24.3 Å². The summed E-state index contributed by atoms with van der Waals surface area (Å²) in [7, 11) is 0. The van der Waals surface area contributed by atoms with Crippen LogP contribution in [0.5, 0.6) is 5.75 Å². The SMILES string of the molecule is C=CCOc1cc(C(=O)O)c2ccccc2c1. The van der Waals surface area contributed by atoms with Crippen molar-refractivity contribution in [1.82, 2.24) is 0 Å². The second-order valence-corrected chi connectivity index (χ2v) is 3.60. The molecule has 0 spiro atoms. The van der Waals surface area contributed by atoms with Crippen LogP contribution in [0, 0.1) is 0 Å². The highest BCUT2D eigenvalue weighted by Gasteiger charge is 2.10. The van der Waals surface area contributed by atoms with E-state index in [1.54, 1.807) is 12.1 Å². The number of rotatable bonds is 4. The summed E-state index contributed by atoms with van der Waals surface area (Å²) >= 11 is 0. The highest BCUT2D eigenvalue weighted by atomic mass is 16.5. The summed E-state index contributed by atoms with van der Waals surface area (Å²) in [5.74, 6) is -0.411. The molecule has 1 N–H and O–H groups in total. The molecule has 0 atom stereocenters. The Morgan fingerprint density at radius 2 is 2.12 bits per heavy atom. The highest BCUT2D eigenvalue weighted by Crippen LogP contribution is 2.25. The Labute approximate surface area is 99.0 Å². The van der Waals surface area contributed by atoms with Crippen molar-refractivity contribution in [2.75, 3.05) is 6.61 Å². The number of hydrogen-bond donors (Lipinski definition) is 1.